The van der Waals surface area contributed by atoms with Gasteiger partial charge in [0.2, 0.25) is 11.7 Å². The van der Waals surface area contributed by atoms with Crippen LogP contribution >= 0.6 is 10.2 Å². The number of carbonyl (C=O) groups excluding carboxylic acids is 1. The van der Waals surface area contributed by atoms with E-state index >= 15 is 0 Å². The molecule has 0 saturated heterocycles. The molecule has 0 spiro atoms. The van der Waals surface area contributed by atoms with Crippen molar-refractivity contribution in [3.63, 3.8) is 0 Å². The zero-order valence-corrected chi connectivity index (χ0v) is 15.4. The third-order valence-electron chi connectivity index (χ3n) is 3.50. The Labute approximate surface area is 157 Å². The first-order valence-corrected chi connectivity index (χ1v) is 9.47. The number of phenols is 1. The molecule has 1 amide bonds. The van der Waals surface area contributed by atoms with E-state index in [0.29, 0.717) is 5.56 Å². The summed E-state index contributed by atoms with van der Waals surface area (Å²) in [4.78, 5) is 9.85. The molecule has 0 radical (unpaired) electrons. The third kappa shape index (κ3) is 5.28. The first-order chi connectivity index (χ1) is 12.7. The largest absolute Gasteiger partial charge is 0.502 e. The predicted octanol–water partition coefficient (Wildman–Crippen LogP) is 5.72. The molecular formula is C17H16F5NO4S. The van der Waals surface area contributed by atoms with E-state index < -0.39 is 21.0 Å². The molecule has 0 aliphatic carbocycles. The Balaban J connectivity index is 2.15. The van der Waals surface area contributed by atoms with Crippen LogP contribution < -0.4 is 14.8 Å². The number of methoxy groups -OCH3 is 2. The second-order valence-corrected chi connectivity index (χ2v) is 8.00. The van der Waals surface area contributed by atoms with Gasteiger partial charge >= 0.3 is 10.2 Å². The molecule has 0 aromatic heterocycles. The minimum Gasteiger partial charge on any atom is -0.502 e. The highest BCUT2D eigenvalue weighted by atomic mass is 32.5. The third-order valence-corrected chi connectivity index (χ3v) is 4.66. The molecule has 2 N–H and O–H groups in total. The highest BCUT2D eigenvalue weighted by Crippen LogP contribution is 3.02. The first kappa shape index (κ1) is 21.4. The van der Waals surface area contributed by atoms with Crippen molar-refractivity contribution >= 4 is 27.9 Å². The average Bonchev–Trinajstić information content (AvgIpc) is 2.59. The van der Waals surface area contributed by atoms with Gasteiger partial charge in [-0.05, 0) is 48.0 Å². The highest BCUT2D eigenvalue weighted by Gasteiger charge is 2.65. The van der Waals surface area contributed by atoms with Crippen molar-refractivity contribution in [1.29, 1.82) is 0 Å². The number of anilines is 1. The molecule has 0 heterocycles. The van der Waals surface area contributed by atoms with Gasteiger partial charge in [0.05, 0.1) is 14.2 Å². The Morgan fingerprint density at radius 1 is 1.00 bits per heavy atom. The molecule has 11 heteroatoms. The molecule has 28 heavy (non-hydrogen) atoms. The number of aromatic hydroxyl groups is 1. The van der Waals surface area contributed by atoms with Crippen LogP contribution in [0.15, 0.2) is 47.4 Å². The van der Waals surface area contributed by atoms with Crippen molar-refractivity contribution in [3.05, 3.63) is 48.0 Å². The van der Waals surface area contributed by atoms with Crippen molar-refractivity contribution < 1.29 is 38.8 Å². The van der Waals surface area contributed by atoms with E-state index in [0.717, 1.165) is 18.2 Å². The predicted molar refractivity (Wildman–Crippen MR) is 96.7 cm³/mol. The van der Waals surface area contributed by atoms with Crippen molar-refractivity contribution in [1.82, 2.24) is 0 Å². The Kier molecular flexibility index (Phi) is 5.02. The van der Waals surface area contributed by atoms with E-state index in [2.05, 4.69) is 5.32 Å². The van der Waals surface area contributed by atoms with Gasteiger partial charge in [0, 0.05) is 11.8 Å². The minimum absolute atomic E-state index is 0.0962. The number of carbonyl (C=O) groups is 1. The minimum atomic E-state index is -9.76. The summed E-state index contributed by atoms with van der Waals surface area (Å²) < 4.78 is 73.3. The Bertz CT molecular complexity index is 903. The van der Waals surface area contributed by atoms with Gasteiger partial charge in [0.25, 0.3) is 0 Å². The fourth-order valence-corrected chi connectivity index (χ4v) is 2.81. The van der Waals surface area contributed by atoms with E-state index in [-0.39, 0.29) is 35.1 Å². The maximum absolute atomic E-state index is 12.7. The van der Waals surface area contributed by atoms with Crippen LogP contribution in [-0.4, -0.2) is 25.2 Å². The topological polar surface area (TPSA) is 67.8 Å². The number of amides is 1. The zero-order chi connectivity index (χ0) is 21.2. The van der Waals surface area contributed by atoms with Gasteiger partial charge in [0.1, 0.15) is 4.90 Å². The number of ether oxygens (including phenoxy) is 2. The lowest BCUT2D eigenvalue weighted by atomic mass is 10.1. The number of phenolic OH excluding ortho intramolecular Hbond substituents is 1. The maximum atomic E-state index is 12.7. The number of rotatable bonds is 6. The zero-order valence-electron chi connectivity index (χ0n) is 14.6. The van der Waals surface area contributed by atoms with Crippen molar-refractivity contribution in [2.75, 3.05) is 19.5 Å². The van der Waals surface area contributed by atoms with Gasteiger partial charge in [-0.25, -0.2) is 0 Å². The smallest absolute Gasteiger partial charge is 0.310 e. The number of nitrogens with one attached hydrogen (secondary N) is 1. The van der Waals surface area contributed by atoms with E-state index in [1.165, 1.54) is 32.4 Å². The van der Waals surface area contributed by atoms with E-state index in [4.69, 9.17) is 9.47 Å². The lowest BCUT2D eigenvalue weighted by Gasteiger charge is -2.40. The monoisotopic (exact) mass is 425 g/mol. The molecule has 0 fully saturated rings. The molecule has 2 rings (SSSR count). The number of halogens is 5. The lowest BCUT2D eigenvalue weighted by Crippen LogP contribution is -2.09. The Morgan fingerprint density at radius 2 is 1.50 bits per heavy atom. The van der Waals surface area contributed by atoms with Gasteiger partial charge in [-0.1, -0.05) is 19.4 Å². The van der Waals surface area contributed by atoms with Crippen molar-refractivity contribution in [2.24, 2.45) is 0 Å². The second kappa shape index (κ2) is 6.59. The summed E-state index contributed by atoms with van der Waals surface area (Å²) in [6.07, 6.45) is 2.40. The molecule has 0 atom stereocenters. The number of benzene rings is 2. The number of hydrogen-bond acceptors (Lipinski definition) is 4. The standard InChI is InChI=1S/C17H16F5NO4S/c1-26-14-9-11(10-15(27-2)17(14)25)3-8-16(24)23-12-4-6-13(7-5-12)28(18,19,20,21)22/h3-10,25H,1-2H3,(H,23,24). The summed E-state index contributed by atoms with van der Waals surface area (Å²) in [5.74, 6) is -0.737. The maximum Gasteiger partial charge on any atom is 0.310 e. The summed E-state index contributed by atoms with van der Waals surface area (Å²) in [5.41, 5.74) is 0.332. The van der Waals surface area contributed by atoms with Gasteiger partial charge < -0.3 is 19.9 Å². The summed E-state index contributed by atoms with van der Waals surface area (Å²) in [6.45, 7) is 0. The highest BCUT2D eigenvalue weighted by molar-refractivity contribution is 8.45. The van der Waals surface area contributed by atoms with E-state index in [1.54, 1.807) is 0 Å². The van der Waals surface area contributed by atoms with Crippen LogP contribution in [0.1, 0.15) is 5.56 Å². The molecule has 0 unspecified atom stereocenters. The average molecular weight is 425 g/mol. The SMILES string of the molecule is COc1cc(C=CC(=O)Nc2ccc(S(F)(F)(F)(F)F)cc2)cc(OC)c1O. The van der Waals surface area contributed by atoms with Crippen LogP contribution in [-0.2, 0) is 4.79 Å². The fourth-order valence-electron chi connectivity index (χ4n) is 2.16. The van der Waals surface area contributed by atoms with Crippen LogP contribution in [0.2, 0.25) is 0 Å². The molecule has 154 valence electrons. The number of hydrogen-bond donors (Lipinski definition) is 2. The molecule has 2 aromatic carbocycles. The van der Waals surface area contributed by atoms with E-state index in [1.807, 2.05) is 0 Å². The molecule has 0 bridgehead atoms. The Hall–Kier alpha value is -2.95. The molecule has 5 nitrogen and oxygen atoms in total. The molecule has 0 saturated carbocycles. The summed E-state index contributed by atoms with van der Waals surface area (Å²) in [7, 11) is -7.11. The quantitative estimate of drug-likeness (QED) is 0.459. The van der Waals surface area contributed by atoms with Crippen molar-refractivity contribution in [2.45, 2.75) is 4.90 Å². The van der Waals surface area contributed by atoms with Gasteiger partial charge in [-0.15, -0.1) is 0 Å². The molecule has 0 aliphatic heterocycles. The lowest BCUT2D eigenvalue weighted by molar-refractivity contribution is -0.111. The summed E-state index contributed by atoms with van der Waals surface area (Å²) in [5, 5.41) is 12.1. The normalized spacial score (nSPS) is 14.2. The Morgan fingerprint density at radius 3 is 1.93 bits per heavy atom. The van der Waals surface area contributed by atoms with Gasteiger partial charge in [-0.3, -0.25) is 4.79 Å². The molecule has 2 aromatic rings. The van der Waals surface area contributed by atoms with Crippen LogP contribution in [0.4, 0.5) is 25.1 Å². The van der Waals surface area contributed by atoms with Crippen LogP contribution in [0.3, 0.4) is 0 Å². The van der Waals surface area contributed by atoms with Gasteiger partial charge in [0.15, 0.2) is 11.5 Å². The van der Waals surface area contributed by atoms with Crippen LogP contribution in [0, 0.1) is 0 Å². The van der Waals surface area contributed by atoms with Crippen molar-refractivity contribution in [3.8, 4) is 17.2 Å². The summed E-state index contributed by atoms with van der Waals surface area (Å²) >= 11 is 0. The van der Waals surface area contributed by atoms with Gasteiger partial charge in [-0.2, -0.15) is 0 Å². The van der Waals surface area contributed by atoms with Crippen LogP contribution in [0.5, 0.6) is 17.2 Å². The fraction of sp³-hybridized carbons (Fsp3) is 0.118. The molecular weight excluding hydrogens is 409 g/mol. The van der Waals surface area contributed by atoms with E-state index in [9.17, 15) is 29.3 Å². The summed E-state index contributed by atoms with van der Waals surface area (Å²) in [6, 6.07) is 4.71. The molecule has 0 aliphatic rings. The van der Waals surface area contributed by atoms with Crippen LogP contribution in [0.25, 0.3) is 6.08 Å². The first-order valence-electron chi connectivity index (χ1n) is 7.51. The second-order valence-electron chi connectivity index (χ2n) is 5.59.